The Kier molecular flexibility index (Phi) is 3.84. The molecule has 0 spiro atoms. The highest BCUT2D eigenvalue weighted by Gasteiger charge is 2.19. The summed E-state index contributed by atoms with van der Waals surface area (Å²) in [5, 5.41) is 14.6. The molecule has 1 aromatic carbocycles. The third-order valence-electron chi connectivity index (χ3n) is 3.12. The Bertz CT molecular complexity index is 417. The van der Waals surface area contributed by atoms with Crippen molar-refractivity contribution < 1.29 is 4.92 Å². The van der Waals surface area contributed by atoms with Gasteiger partial charge in [0.1, 0.15) is 5.69 Å². The predicted octanol–water partition coefficient (Wildman–Crippen LogP) is 3.99. The lowest BCUT2D eigenvalue weighted by Gasteiger charge is -2.23. The van der Waals surface area contributed by atoms with Gasteiger partial charge in [0.25, 0.3) is 5.69 Å². The first-order valence-corrected chi connectivity index (χ1v) is 6.25. The molecule has 1 saturated carbocycles. The lowest BCUT2D eigenvalue weighted by Crippen LogP contribution is -2.22. The minimum Gasteiger partial charge on any atom is -0.377 e. The normalized spacial score (nSPS) is 16.8. The third-order valence-corrected chi connectivity index (χ3v) is 3.36. The SMILES string of the molecule is O=[N+]([O-])c1cc(Cl)ccc1NC1CCCCC1. The molecule has 17 heavy (non-hydrogen) atoms. The van der Waals surface area contributed by atoms with Gasteiger partial charge in [0.15, 0.2) is 0 Å². The van der Waals surface area contributed by atoms with Crippen molar-refractivity contribution >= 4 is 23.0 Å². The number of hydrogen-bond donors (Lipinski definition) is 1. The van der Waals surface area contributed by atoms with Crippen molar-refractivity contribution in [3.8, 4) is 0 Å². The van der Waals surface area contributed by atoms with E-state index in [0.717, 1.165) is 12.8 Å². The van der Waals surface area contributed by atoms with Gasteiger partial charge >= 0.3 is 0 Å². The number of nitrogens with zero attached hydrogens (tertiary/aromatic N) is 1. The first kappa shape index (κ1) is 12.2. The molecule has 0 amide bonds. The quantitative estimate of drug-likeness (QED) is 0.655. The molecular formula is C12H15ClN2O2. The molecule has 2 rings (SSSR count). The number of nitrogens with one attached hydrogen (secondary N) is 1. The predicted molar refractivity (Wildman–Crippen MR) is 68.6 cm³/mol. The largest absolute Gasteiger partial charge is 0.377 e. The summed E-state index contributed by atoms with van der Waals surface area (Å²) >= 11 is 5.77. The molecule has 1 aliphatic carbocycles. The number of nitro benzene ring substituents is 1. The van der Waals surface area contributed by atoms with Gasteiger partial charge in [-0.3, -0.25) is 10.1 Å². The van der Waals surface area contributed by atoms with E-state index in [-0.39, 0.29) is 5.69 Å². The Labute approximate surface area is 105 Å². The van der Waals surface area contributed by atoms with Crippen molar-refractivity contribution in [3.63, 3.8) is 0 Å². The van der Waals surface area contributed by atoms with Crippen molar-refractivity contribution in [3.05, 3.63) is 33.3 Å². The maximum absolute atomic E-state index is 10.9. The first-order chi connectivity index (χ1) is 8.16. The fourth-order valence-electron chi connectivity index (χ4n) is 2.24. The van der Waals surface area contributed by atoms with Crippen molar-refractivity contribution in [2.75, 3.05) is 5.32 Å². The van der Waals surface area contributed by atoms with Crippen molar-refractivity contribution in [2.24, 2.45) is 0 Å². The number of nitro groups is 1. The maximum Gasteiger partial charge on any atom is 0.293 e. The number of halogens is 1. The molecule has 1 N–H and O–H groups in total. The van der Waals surface area contributed by atoms with Crippen LogP contribution < -0.4 is 5.32 Å². The van der Waals surface area contributed by atoms with Crippen LogP contribution >= 0.6 is 11.6 Å². The molecule has 0 unspecified atom stereocenters. The molecular weight excluding hydrogens is 240 g/mol. The van der Waals surface area contributed by atoms with Crippen molar-refractivity contribution in [1.29, 1.82) is 0 Å². The van der Waals surface area contributed by atoms with Crippen LogP contribution in [0.2, 0.25) is 5.02 Å². The smallest absolute Gasteiger partial charge is 0.293 e. The summed E-state index contributed by atoms with van der Waals surface area (Å²) < 4.78 is 0. The monoisotopic (exact) mass is 254 g/mol. The average molecular weight is 255 g/mol. The molecule has 0 aliphatic heterocycles. The second-order valence-corrected chi connectivity index (χ2v) is 4.83. The summed E-state index contributed by atoms with van der Waals surface area (Å²) in [5.41, 5.74) is 0.634. The van der Waals surface area contributed by atoms with Gasteiger partial charge < -0.3 is 5.32 Å². The highest BCUT2D eigenvalue weighted by molar-refractivity contribution is 6.30. The van der Waals surface area contributed by atoms with Crippen LogP contribution in [0.25, 0.3) is 0 Å². The lowest BCUT2D eigenvalue weighted by atomic mass is 9.95. The summed E-state index contributed by atoms with van der Waals surface area (Å²) in [6.45, 7) is 0. The van der Waals surface area contributed by atoms with Gasteiger partial charge in [0, 0.05) is 17.1 Å². The summed E-state index contributed by atoms with van der Waals surface area (Å²) in [4.78, 5) is 10.5. The van der Waals surface area contributed by atoms with Gasteiger partial charge in [-0.1, -0.05) is 30.9 Å². The highest BCUT2D eigenvalue weighted by Crippen LogP contribution is 2.30. The van der Waals surface area contributed by atoms with Crippen LogP contribution in [0.1, 0.15) is 32.1 Å². The fourth-order valence-corrected chi connectivity index (χ4v) is 2.41. The van der Waals surface area contributed by atoms with E-state index < -0.39 is 4.92 Å². The summed E-state index contributed by atoms with van der Waals surface area (Å²) in [5.74, 6) is 0. The Morgan fingerprint density at radius 3 is 2.65 bits per heavy atom. The van der Waals surface area contributed by atoms with E-state index in [1.165, 1.54) is 25.3 Å². The molecule has 0 atom stereocenters. The topological polar surface area (TPSA) is 55.2 Å². The van der Waals surface area contributed by atoms with Gasteiger partial charge in [-0.05, 0) is 25.0 Å². The molecule has 1 aromatic rings. The molecule has 0 radical (unpaired) electrons. The molecule has 0 bridgehead atoms. The molecule has 1 aliphatic rings. The maximum atomic E-state index is 10.9. The zero-order chi connectivity index (χ0) is 12.3. The molecule has 0 aromatic heterocycles. The van der Waals surface area contributed by atoms with E-state index in [2.05, 4.69) is 5.32 Å². The summed E-state index contributed by atoms with van der Waals surface area (Å²) in [7, 11) is 0. The van der Waals surface area contributed by atoms with E-state index in [1.54, 1.807) is 12.1 Å². The van der Waals surface area contributed by atoms with E-state index in [4.69, 9.17) is 11.6 Å². The van der Waals surface area contributed by atoms with Crippen LogP contribution in [0.15, 0.2) is 18.2 Å². The Hall–Kier alpha value is -1.29. The molecule has 1 fully saturated rings. The van der Waals surface area contributed by atoms with Crippen LogP contribution in [-0.2, 0) is 0 Å². The Morgan fingerprint density at radius 1 is 1.29 bits per heavy atom. The Morgan fingerprint density at radius 2 is 2.00 bits per heavy atom. The lowest BCUT2D eigenvalue weighted by molar-refractivity contribution is -0.384. The van der Waals surface area contributed by atoms with Crippen LogP contribution in [0.4, 0.5) is 11.4 Å². The summed E-state index contributed by atoms with van der Waals surface area (Å²) in [6, 6.07) is 5.12. The van der Waals surface area contributed by atoms with Gasteiger partial charge in [-0.2, -0.15) is 0 Å². The van der Waals surface area contributed by atoms with E-state index in [9.17, 15) is 10.1 Å². The van der Waals surface area contributed by atoms with E-state index in [1.807, 2.05) is 0 Å². The average Bonchev–Trinajstić information content (AvgIpc) is 2.32. The molecule has 0 saturated heterocycles. The second kappa shape index (κ2) is 5.36. The fraction of sp³-hybridized carbons (Fsp3) is 0.500. The number of rotatable bonds is 3. The van der Waals surface area contributed by atoms with E-state index in [0.29, 0.717) is 16.8 Å². The molecule has 4 nitrogen and oxygen atoms in total. The third kappa shape index (κ3) is 3.09. The molecule has 92 valence electrons. The van der Waals surface area contributed by atoms with Gasteiger partial charge in [-0.15, -0.1) is 0 Å². The van der Waals surface area contributed by atoms with E-state index >= 15 is 0 Å². The van der Waals surface area contributed by atoms with Crippen LogP contribution in [0.5, 0.6) is 0 Å². The highest BCUT2D eigenvalue weighted by atomic mass is 35.5. The minimum absolute atomic E-state index is 0.0584. The van der Waals surface area contributed by atoms with Crippen molar-refractivity contribution in [1.82, 2.24) is 0 Å². The van der Waals surface area contributed by atoms with Crippen molar-refractivity contribution in [2.45, 2.75) is 38.1 Å². The number of hydrogen-bond acceptors (Lipinski definition) is 3. The van der Waals surface area contributed by atoms with Crippen LogP contribution in [-0.4, -0.2) is 11.0 Å². The summed E-state index contributed by atoms with van der Waals surface area (Å²) in [6.07, 6.45) is 5.82. The first-order valence-electron chi connectivity index (χ1n) is 5.87. The zero-order valence-electron chi connectivity index (χ0n) is 9.49. The van der Waals surface area contributed by atoms with Crippen LogP contribution in [0, 0.1) is 10.1 Å². The Balaban J connectivity index is 2.16. The van der Waals surface area contributed by atoms with Gasteiger partial charge in [0.05, 0.1) is 4.92 Å². The molecule has 0 heterocycles. The van der Waals surface area contributed by atoms with Gasteiger partial charge in [-0.25, -0.2) is 0 Å². The zero-order valence-corrected chi connectivity index (χ0v) is 10.2. The number of benzene rings is 1. The standard InChI is InChI=1S/C12H15ClN2O2/c13-9-6-7-11(12(8-9)15(16)17)14-10-4-2-1-3-5-10/h6-8,10,14H,1-5H2. The number of anilines is 1. The second-order valence-electron chi connectivity index (χ2n) is 4.40. The van der Waals surface area contributed by atoms with Crippen LogP contribution in [0.3, 0.4) is 0 Å². The minimum atomic E-state index is -0.392. The van der Waals surface area contributed by atoms with Gasteiger partial charge in [0.2, 0.25) is 0 Å². The molecule has 5 heteroatoms.